The molecule has 0 amide bonds. The van der Waals surface area contributed by atoms with Crippen LogP contribution < -0.4 is 0 Å². The first-order valence-electron chi connectivity index (χ1n) is 13.7. The molecule has 4 aliphatic rings. The summed E-state index contributed by atoms with van der Waals surface area (Å²) < 4.78 is 0. The summed E-state index contributed by atoms with van der Waals surface area (Å²) >= 11 is 0. The van der Waals surface area contributed by atoms with Crippen LogP contribution >= 0.6 is 0 Å². The molecule has 4 rings (SSSR count). The van der Waals surface area contributed by atoms with Crippen LogP contribution in [-0.4, -0.2) is 56.3 Å². The van der Waals surface area contributed by atoms with E-state index in [1.807, 2.05) is 34.6 Å². The van der Waals surface area contributed by atoms with Gasteiger partial charge in [-0.15, -0.1) is 0 Å². The lowest BCUT2D eigenvalue weighted by molar-refractivity contribution is -0.142. The van der Waals surface area contributed by atoms with Gasteiger partial charge in [0.05, 0.1) is 24.2 Å². The van der Waals surface area contributed by atoms with E-state index >= 15 is 0 Å². The van der Waals surface area contributed by atoms with Gasteiger partial charge >= 0.3 is 5.97 Å². The maximum absolute atomic E-state index is 14.1. The second kappa shape index (κ2) is 8.85. The van der Waals surface area contributed by atoms with Crippen LogP contribution in [0.5, 0.6) is 0 Å². The van der Waals surface area contributed by atoms with E-state index in [0.717, 1.165) is 5.57 Å². The third kappa shape index (κ3) is 3.82. The SMILES string of the molecule is C/C(=C\C(=O)CC(C)C(=O)O)[C@H]1C[C@H](O)[C@@]2(C)C3=C(C(=O)C[C@]12C)[C@@]1(C)CC[C@H](O)C(C)(C)C1C[C@@H]3O. The predicted octanol–water partition coefficient (Wildman–Crippen LogP) is 3.84. The maximum atomic E-state index is 14.1. The molecule has 9 atom stereocenters. The monoisotopic (exact) mass is 516 g/mol. The summed E-state index contributed by atoms with van der Waals surface area (Å²) in [5.74, 6) is -2.44. The summed E-state index contributed by atoms with van der Waals surface area (Å²) in [4.78, 5) is 37.9. The number of rotatable bonds is 5. The minimum atomic E-state index is -1.02. The molecule has 2 unspecified atom stereocenters. The van der Waals surface area contributed by atoms with Crippen molar-refractivity contribution in [1.29, 1.82) is 0 Å². The molecule has 0 saturated heterocycles. The van der Waals surface area contributed by atoms with Crippen molar-refractivity contribution >= 4 is 17.5 Å². The molecular formula is C30H44O7. The van der Waals surface area contributed by atoms with Crippen LogP contribution in [0, 0.1) is 39.4 Å². The van der Waals surface area contributed by atoms with Crippen molar-refractivity contribution in [2.24, 2.45) is 39.4 Å². The number of hydrogen-bond donors (Lipinski definition) is 4. The van der Waals surface area contributed by atoms with Crippen molar-refractivity contribution in [2.75, 3.05) is 0 Å². The molecule has 0 spiro atoms. The molecule has 4 N–H and O–H groups in total. The van der Waals surface area contributed by atoms with Gasteiger partial charge in [-0.25, -0.2) is 0 Å². The second-order valence-corrected chi connectivity index (χ2v) is 13.7. The van der Waals surface area contributed by atoms with Gasteiger partial charge in [0.15, 0.2) is 11.6 Å². The van der Waals surface area contributed by atoms with Crippen LogP contribution in [0.25, 0.3) is 0 Å². The summed E-state index contributed by atoms with van der Waals surface area (Å²) in [6.45, 7) is 13.4. The number of ketones is 2. The van der Waals surface area contributed by atoms with Gasteiger partial charge < -0.3 is 20.4 Å². The highest BCUT2D eigenvalue weighted by molar-refractivity contribution is 6.00. The molecule has 4 aliphatic carbocycles. The highest BCUT2D eigenvalue weighted by atomic mass is 16.4. The minimum Gasteiger partial charge on any atom is -0.481 e. The highest BCUT2D eigenvalue weighted by Crippen LogP contribution is 2.71. The normalized spacial score (nSPS) is 44.1. The number of allylic oxidation sites excluding steroid dienone is 3. The standard InChI is InChI=1S/C30H44O7/c1-15(10-17(31)11-16(2)26(36)37)18-12-23(35)30(7)25-19(32)13-21-27(3,4)22(34)8-9-28(21,5)24(25)20(33)14-29(18,30)6/h10,16,18-19,21-23,32,34-35H,8-9,11-14H2,1-7H3,(H,36,37)/b15-10+/t16?,18-,19+,21?,22+,23+,28+,29-,30+/m1/s1. The lowest BCUT2D eigenvalue weighted by Crippen LogP contribution is -2.60. The van der Waals surface area contributed by atoms with Crippen LogP contribution in [0.2, 0.25) is 0 Å². The number of carboxylic acid groups (broad SMARTS) is 1. The van der Waals surface area contributed by atoms with Crippen molar-refractivity contribution in [2.45, 2.75) is 105 Å². The quantitative estimate of drug-likeness (QED) is 0.408. The van der Waals surface area contributed by atoms with E-state index in [0.29, 0.717) is 36.8 Å². The fraction of sp³-hybridized carbons (Fsp3) is 0.767. The Labute approximate surface area is 220 Å². The van der Waals surface area contributed by atoms with Crippen molar-refractivity contribution in [3.05, 3.63) is 22.8 Å². The highest BCUT2D eigenvalue weighted by Gasteiger charge is 2.69. The summed E-state index contributed by atoms with van der Waals surface area (Å²) in [6, 6.07) is 0. The number of Topliss-reactive ketones (excluding diaryl/α,β-unsaturated/α-hetero) is 1. The van der Waals surface area contributed by atoms with Gasteiger partial charge in [0.1, 0.15) is 0 Å². The van der Waals surface area contributed by atoms with Crippen LogP contribution in [0.3, 0.4) is 0 Å². The Kier molecular flexibility index (Phi) is 6.74. The van der Waals surface area contributed by atoms with Gasteiger partial charge in [0.25, 0.3) is 0 Å². The van der Waals surface area contributed by atoms with Crippen LogP contribution in [0.1, 0.15) is 87.0 Å². The molecule has 0 aromatic heterocycles. The Morgan fingerprint density at radius 3 is 2.27 bits per heavy atom. The number of carbonyl (C=O) groups excluding carboxylic acids is 2. The van der Waals surface area contributed by atoms with Crippen molar-refractivity contribution in [3.8, 4) is 0 Å². The van der Waals surface area contributed by atoms with Gasteiger partial charge in [0, 0.05) is 23.8 Å². The van der Waals surface area contributed by atoms with E-state index in [1.54, 1.807) is 0 Å². The number of aliphatic carboxylic acids is 1. The first-order valence-corrected chi connectivity index (χ1v) is 13.7. The smallest absolute Gasteiger partial charge is 0.306 e. The van der Waals surface area contributed by atoms with Crippen LogP contribution in [0.4, 0.5) is 0 Å². The number of aliphatic hydroxyl groups excluding tert-OH is 3. The molecule has 0 radical (unpaired) electrons. The molecule has 0 aliphatic heterocycles. The van der Waals surface area contributed by atoms with Crippen LogP contribution in [-0.2, 0) is 14.4 Å². The van der Waals surface area contributed by atoms with E-state index in [2.05, 4.69) is 6.92 Å². The Balaban J connectivity index is 1.79. The van der Waals surface area contributed by atoms with E-state index in [-0.39, 0.29) is 36.2 Å². The lowest BCUT2D eigenvalue weighted by Gasteiger charge is -2.62. The molecule has 2 fully saturated rings. The Morgan fingerprint density at radius 1 is 1.05 bits per heavy atom. The number of hydrogen-bond acceptors (Lipinski definition) is 6. The molecule has 7 heteroatoms. The van der Waals surface area contributed by atoms with Gasteiger partial charge in [-0.05, 0) is 72.3 Å². The topological polar surface area (TPSA) is 132 Å². The molecule has 0 aromatic carbocycles. The average Bonchev–Trinajstić information content (AvgIpc) is 2.99. The Bertz CT molecular complexity index is 1090. The minimum absolute atomic E-state index is 0.00820. The molecule has 7 nitrogen and oxygen atoms in total. The number of fused-ring (bicyclic) bond motifs is 4. The van der Waals surface area contributed by atoms with Gasteiger partial charge in [0.2, 0.25) is 0 Å². The fourth-order valence-corrected chi connectivity index (χ4v) is 8.96. The van der Waals surface area contributed by atoms with Gasteiger partial charge in [-0.2, -0.15) is 0 Å². The van der Waals surface area contributed by atoms with Crippen LogP contribution in [0.15, 0.2) is 22.8 Å². The molecule has 206 valence electrons. The number of carboxylic acids is 1. The molecule has 0 heterocycles. The fourth-order valence-electron chi connectivity index (χ4n) is 8.96. The zero-order valence-electron chi connectivity index (χ0n) is 23.3. The largest absolute Gasteiger partial charge is 0.481 e. The van der Waals surface area contributed by atoms with E-state index in [1.165, 1.54) is 13.0 Å². The summed E-state index contributed by atoms with van der Waals surface area (Å²) in [5, 5.41) is 43.2. The van der Waals surface area contributed by atoms with E-state index in [4.69, 9.17) is 5.11 Å². The first kappa shape index (κ1) is 28.2. The van der Waals surface area contributed by atoms with Crippen molar-refractivity contribution in [3.63, 3.8) is 0 Å². The van der Waals surface area contributed by atoms with E-state index in [9.17, 15) is 29.7 Å². The Morgan fingerprint density at radius 2 is 1.68 bits per heavy atom. The molecule has 0 aromatic rings. The third-order valence-corrected chi connectivity index (χ3v) is 11.4. The third-order valence-electron chi connectivity index (χ3n) is 11.4. The lowest BCUT2D eigenvalue weighted by atomic mass is 9.42. The molecule has 2 saturated carbocycles. The average molecular weight is 517 g/mol. The number of aliphatic hydroxyl groups is 3. The molecule has 0 bridgehead atoms. The predicted molar refractivity (Wildman–Crippen MR) is 138 cm³/mol. The van der Waals surface area contributed by atoms with Gasteiger partial charge in [-0.3, -0.25) is 14.4 Å². The zero-order valence-corrected chi connectivity index (χ0v) is 23.3. The summed E-state index contributed by atoms with van der Waals surface area (Å²) in [5.41, 5.74) is -0.477. The van der Waals surface area contributed by atoms with E-state index < -0.39 is 51.9 Å². The molecular weight excluding hydrogens is 472 g/mol. The van der Waals surface area contributed by atoms with Gasteiger partial charge in [-0.1, -0.05) is 47.1 Å². The summed E-state index contributed by atoms with van der Waals surface area (Å²) in [6.07, 6.45) is 1.39. The zero-order chi connectivity index (χ0) is 27.9. The maximum Gasteiger partial charge on any atom is 0.306 e. The first-order chi connectivity index (χ1) is 16.9. The molecule has 37 heavy (non-hydrogen) atoms. The number of carbonyl (C=O) groups is 3. The van der Waals surface area contributed by atoms with Crippen molar-refractivity contribution < 1.29 is 34.8 Å². The summed E-state index contributed by atoms with van der Waals surface area (Å²) in [7, 11) is 0. The second-order valence-electron chi connectivity index (χ2n) is 13.7. The Hall–Kier alpha value is -1.83. The van der Waals surface area contributed by atoms with Crippen molar-refractivity contribution in [1.82, 2.24) is 0 Å².